The highest BCUT2D eigenvalue weighted by Crippen LogP contribution is 2.17. The first-order chi connectivity index (χ1) is 6.56. The molecule has 0 aliphatic carbocycles. The van der Waals surface area contributed by atoms with Crippen LogP contribution in [0.3, 0.4) is 0 Å². The number of ether oxygens (including phenoxy) is 1. The van der Waals surface area contributed by atoms with Gasteiger partial charge in [0.05, 0.1) is 18.3 Å². The van der Waals surface area contributed by atoms with Crippen LogP contribution in [0.1, 0.15) is 19.4 Å². The van der Waals surface area contributed by atoms with Crippen LogP contribution in [0.2, 0.25) is 0 Å². The predicted octanol–water partition coefficient (Wildman–Crippen LogP) is 1.43. The minimum Gasteiger partial charge on any atom is -0.379 e. The quantitative estimate of drug-likeness (QED) is 0.796. The van der Waals surface area contributed by atoms with Crippen LogP contribution in [0.4, 0.5) is 4.39 Å². The van der Waals surface area contributed by atoms with E-state index in [9.17, 15) is 4.39 Å². The molecule has 78 valence electrons. The van der Waals surface area contributed by atoms with Crippen LogP contribution in [0, 0.1) is 5.82 Å². The number of hydrogen-bond acceptors (Lipinski definition) is 3. The molecule has 0 radical (unpaired) electrons. The molecule has 3 nitrogen and oxygen atoms in total. The summed E-state index contributed by atoms with van der Waals surface area (Å²) in [5, 5.41) is 0. The smallest absolute Gasteiger partial charge is 0.141 e. The summed E-state index contributed by atoms with van der Waals surface area (Å²) in [5.41, 5.74) is 5.92. The van der Waals surface area contributed by atoms with Crippen LogP contribution >= 0.6 is 0 Å². The third-order valence-electron chi connectivity index (χ3n) is 1.97. The Morgan fingerprint density at radius 1 is 1.57 bits per heavy atom. The summed E-state index contributed by atoms with van der Waals surface area (Å²) in [6.45, 7) is 4.63. The molecule has 0 spiro atoms. The summed E-state index contributed by atoms with van der Waals surface area (Å²) in [5.74, 6) is -0.379. The summed E-state index contributed by atoms with van der Waals surface area (Å²) >= 11 is 0. The second-order valence-corrected chi connectivity index (χ2v) is 3.45. The molecule has 1 atom stereocenters. The maximum atomic E-state index is 12.9. The molecule has 2 N–H and O–H groups in total. The van der Waals surface area contributed by atoms with Crippen LogP contribution in [-0.2, 0) is 10.3 Å². The lowest BCUT2D eigenvalue weighted by Crippen LogP contribution is -2.38. The van der Waals surface area contributed by atoms with Gasteiger partial charge in [-0.3, -0.25) is 4.98 Å². The Labute approximate surface area is 83.1 Å². The number of nitrogens with two attached hydrogens (primary N) is 1. The van der Waals surface area contributed by atoms with Gasteiger partial charge < -0.3 is 10.5 Å². The van der Waals surface area contributed by atoms with E-state index in [4.69, 9.17) is 10.5 Å². The van der Waals surface area contributed by atoms with Crippen LogP contribution in [0.5, 0.6) is 0 Å². The van der Waals surface area contributed by atoms with E-state index in [0.717, 1.165) is 6.20 Å². The highest BCUT2D eigenvalue weighted by molar-refractivity contribution is 5.19. The average Bonchev–Trinajstić information content (AvgIpc) is 2.15. The van der Waals surface area contributed by atoms with Gasteiger partial charge in [-0.05, 0) is 25.5 Å². The number of halogens is 1. The van der Waals surface area contributed by atoms with E-state index in [1.807, 2.05) is 6.92 Å². The summed E-state index contributed by atoms with van der Waals surface area (Å²) in [7, 11) is 0. The molecular formula is C10H15FN2O. The monoisotopic (exact) mass is 198 g/mol. The van der Waals surface area contributed by atoms with Crippen molar-refractivity contribution >= 4 is 0 Å². The fraction of sp³-hybridized carbons (Fsp3) is 0.500. The van der Waals surface area contributed by atoms with Crippen molar-refractivity contribution in [3.8, 4) is 0 Å². The maximum Gasteiger partial charge on any atom is 0.141 e. The maximum absolute atomic E-state index is 12.9. The lowest BCUT2D eigenvalue weighted by molar-refractivity contribution is 0.101. The van der Waals surface area contributed by atoms with Crippen molar-refractivity contribution in [2.75, 3.05) is 13.2 Å². The molecule has 0 bridgehead atoms. The van der Waals surface area contributed by atoms with Gasteiger partial charge in [-0.25, -0.2) is 4.39 Å². The van der Waals surface area contributed by atoms with E-state index < -0.39 is 5.54 Å². The molecule has 0 fully saturated rings. The molecule has 0 aromatic carbocycles. The molecule has 0 aliphatic heterocycles. The zero-order valence-corrected chi connectivity index (χ0v) is 8.46. The van der Waals surface area contributed by atoms with E-state index in [2.05, 4.69) is 4.98 Å². The predicted molar refractivity (Wildman–Crippen MR) is 52.2 cm³/mol. The van der Waals surface area contributed by atoms with Crippen molar-refractivity contribution in [3.63, 3.8) is 0 Å². The van der Waals surface area contributed by atoms with E-state index in [0.29, 0.717) is 18.8 Å². The standard InChI is InChI=1S/C10H15FN2O/c1-3-14-7-10(2,12)8-4-9(11)6-13-5-8/h4-6H,3,7,12H2,1-2H3. The van der Waals surface area contributed by atoms with Gasteiger partial charge in [0.25, 0.3) is 0 Å². The third kappa shape index (κ3) is 2.75. The molecule has 4 heteroatoms. The number of pyridine rings is 1. The Morgan fingerprint density at radius 3 is 2.86 bits per heavy atom. The van der Waals surface area contributed by atoms with Crippen molar-refractivity contribution in [1.29, 1.82) is 0 Å². The van der Waals surface area contributed by atoms with Gasteiger partial charge in [0, 0.05) is 12.8 Å². The van der Waals surface area contributed by atoms with Gasteiger partial charge >= 0.3 is 0 Å². The largest absolute Gasteiger partial charge is 0.379 e. The highest BCUT2D eigenvalue weighted by atomic mass is 19.1. The fourth-order valence-electron chi connectivity index (χ4n) is 1.12. The SMILES string of the molecule is CCOCC(C)(N)c1cncc(F)c1. The van der Waals surface area contributed by atoms with Gasteiger partial charge in [-0.15, -0.1) is 0 Å². The molecule has 0 amide bonds. The van der Waals surface area contributed by atoms with Crippen molar-refractivity contribution in [2.24, 2.45) is 5.73 Å². The summed E-state index contributed by atoms with van der Waals surface area (Å²) in [6, 6.07) is 1.38. The number of hydrogen-bond donors (Lipinski definition) is 1. The number of nitrogens with zero attached hydrogens (tertiary/aromatic N) is 1. The lowest BCUT2D eigenvalue weighted by Gasteiger charge is -2.24. The minimum absolute atomic E-state index is 0.356. The molecule has 1 unspecified atom stereocenters. The van der Waals surface area contributed by atoms with Crippen molar-refractivity contribution in [2.45, 2.75) is 19.4 Å². The van der Waals surface area contributed by atoms with E-state index in [1.54, 1.807) is 13.1 Å². The lowest BCUT2D eigenvalue weighted by atomic mass is 9.96. The van der Waals surface area contributed by atoms with Crippen molar-refractivity contribution in [3.05, 3.63) is 29.8 Å². The van der Waals surface area contributed by atoms with Gasteiger partial charge in [0.2, 0.25) is 0 Å². The second kappa shape index (κ2) is 4.48. The molecule has 1 aromatic heterocycles. The highest BCUT2D eigenvalue weighted by Gasteiger charge is 2.22. The number of aromatic nitrogens is 1. The van der Waals surface area contributed by atoms with E-state index in [1.165, 1.54) is 6.07 Å². The normalized spacial score (nSPS) is 15.1. The molecule has 1 rings (SSSR count). The topological polar surface area (TPSA) is 48.1 Å². The fourth-order valence-corrected chi connectivity index (χ4v) is 1.12. The minimum atomic E-state index is -0.689. The first-order valence-electron chi connectivity index (χ1n) is 4.54. The van der Waals surface area contributed by atoms with Crippen molar-refractivity contribution in [1.82, 2.24) is 4.98 Å². The first kappa shape index (κ1) is 11.1. The first-order valence-corrected chi connectivity index (χ1v) is 4.54. The van der Waals surface area contributed by atoms with E-state index >= 15 is 0 Å². The summed E-state index contributed by atoms with van der Waals surface area (Å²) < 4.78 is 18.1. The average molecular weight is 198 g/mol. The van der Waals surface area contributed by atoms with Gasteiger partial charge in [0.15, 0.2) is 0 Å². The van der Waals surface area contributed by atoms with Crippen LogP contribution in [0.25, 0.3) is 0 Å². The molecular weight excluding hydrogens is 183 g/mol. The Hall–Kier alpha value is -1.00. The third-order valence-corrected chi connectivity index (χ3v) is 1.97. The second-order valence-electron chi connectivity index (χ2n) is 3.45. The Bertz CT molecular complexity index is 302. The van der Waals surface area contributed by atoms with Gasteiger partial charge in [-0.2, -0.15) is 0 Å². The molecule has 0 saturated carbocycles. The molecule has 14 heavy (non-hydrogen) atoms. The van der Waals surface area contributed by atoms with Gasteiger partial charge in [-0.1, -0.05) is 0 Å². The van der Waals surface area contributed by atoms with Gasteiger partial charge in [0.1, 0.15) is 5.82 Å². The molecule has 0 aliphatic rings. The molecule has 0 saturated heterocycles. The summed E-state index contributed by atoms with van der Waals surface area (Å²) in [4.78, 5) is 3.75. The Morgan fingerprint density at radius 2 is 2.29 bits per heavy atom. The van der Waals surface area contributed by atoms with Crippen LogP contribution < -0.4 is 5.73 Å². The zero-order chi connectivity index (χ0) is 10.6. The van der Waals surface area contributed by atoms with Crippen LogP contribution in [-0.4, -0.2) is 18.2 Å². The number of rotatable bonds is 4. The zero-order valence-electron chi connectivity index (χ0n) is 8.46. The van der Waals surface area contributed by atoms with Crippen molar-refractivity contribution < 1.29 is 9.13 Å². The van der Waals surface area contributed by atoms with E-state index in [-0.39, 0.29) is 5.82 Å². The molecule has 1 aromatic rings. The molecule has 1 heterocycles. The van der Waals surface area contributed by atoms with Crippen LogP contribution in [0.15, 0.2) is 18.5 Å². The Balaban J connectivity index is 2.80. The Kier molecular flexibility index (Phi) is 3.55. The summed E-state index contributed by atoms with van der Waals surface area (Å²) in [6.07, 6.45) is 2.71.